The molecule has 0 aromatic carbocycles. The fraction of sp³-hybridized carbons (Fsp3) is 0.846. The predicted molar refractivity (Wildman–Crippen MR) is 104 cm³/mol. The molecule has 0 saturated heterocycles. The lowest BCUT2D eigenvalue weighted by Crippen LogP contribution is -2.27. The number of hydrogen-bond donors (Lipinski definition) is 3. The zero-order valence-corrected chi connectivity index (χ0v) is 17.4. The summed E-state index contributed by atoms with van der Waals surface area (Å²) in [7, 11) is -1.73. The average molecular weight is 389 g/mol. The van der Waals surface area contributed by atoms with Gasteiger partial charge in [0.25, 0.3) is 10.3 Å². The van der Waals surface area contributed by atoms with Crippen molar-refractivity contribution in [3.63, 3.8) is 0 Å². The first kappa shape index (κ1) is 27.3. The van der Waals surface area contributed by atoms with Gasteiger partial charge in [0.2, 0.25) is 0 Å². The van der Waals surface area contributed by atoms with Crippen LogP contribution in [0.5, 0.6) is 0 Å². The second kappa shape index (κ2) is 23.7. The Labute approximate surface area is 152 Å². The van der Waals surface area contributed by atoms with Crippen molar-refractivity contribution in [2.75, 3.05) is 26.4 Å². The third-order valence-electron chi connectivity index (χ3n) is 1.90. The molecule has 0 atom stereocenters. The normalized spacial score (nSPS) is 9.26. The summed E-state index contributed by atoms with van der Waals surface area (Å²) >= 11 is 8.37. The molecule has 10 heteroatoms. The first-order valence-electron chi connectivity index (χ1n) is 7.60. The number of aliphatic hydroxyl groups excluding tert-OH is 1. The minimum atomic E-state index is -1.73. The Morgan fingerprint density at radius 3 is 1.57 bits per heavy atom. The Morgan fingerprint density at radius 1 is 0.913 bits per heavy atom. The third kappa shape index (κ3) is 38.9. The SMILES string of the molecule is CCCCCOC(N)=S.CCO[SiH](OCC)OCC.NC(O)=S. The van der Waals surface area contributed by atoms with E-state index in [1.807, 2.05) is 20.8 Å². The summed E-state index contributed by atoms with van der Waals surface area (Å²) in [6.45, 7) is 10.7. The van der Waals surface area contributed by atoms with Crippen LogP contribution in [0.3, 0.4) is 0 Å². The van der Waals surface area contributed by atoms with Crippen molar-refractivity contribution in [1.29, 1.82) is 0 Å². The molecule has 0 amide bonds. The van der Waals surface area contributed by atoms with Gasteiger partial charge in [-0.15, -0.1) is 0 Å². The molecule has 0 saturated carbocycles. The molecule has 0 aliphatic rings. The number of unbranched alkanes of at least 4 members (excludes halogenated alkanes) is 2. The van der Waals surface area contributed by atoms with Crippen LogP contribution in [0.2, 0.25) is 0 Å². The predicted octanol–water partition coefficient (Wildman–Crippen LogP) is 2.04. The van der Waals surface area contributed by atoms with Gasteiger partial charge in [0.05, 0.1) is 6.61 Å². The van der Waals surface area contributed by atoms with Crippen molar-refractivity contribution in [1.82, 2.24) is 0 Å². The molecule has 0 aromatic heterocycles. The summed E-state index contributed by atoms with van der Waals surface area (Å²) in [6, 6.07) is 0. The first-order valence-corrected chi connectivity index (χ1v) is 9.83. The van der Waals surface area contributed by atoms with E-state index >= 15 is 0 Å². The van der Waals surface area contributed by atoms with Gasteiger partial charge >= 0.3 is 9.53 Å². The van der Waals surface area contributed by atoms with Gasteiger partial charge in [-0.1, -0.05) is 19.8 Å². The van der Waals surface area contributed by atoms with Gasteiger partial charge in [-0.25, -0.2) is 0 Å². The van der Waals surface area contributed by atoms with Crippen molar-refractivity contribution in [3.05, 3.63) is 0 Å². The molecule has 5 N–H and O–H groups in total. The number of ether oxygens (including phenoxy) is 1. The Morgan fingerprint density at radius 2 is 1.30 bits per heavy atom. The molecular formula is C13H32N2O5S2Si. The second-order valence-corrected chi connectivity index (χ2v) is 6.27. The number of nitrogens with two attached hydrogens (primary N) is 2. The van der Waals surface area contributed by atoms with Gasteiger partial charge in [-0.3, -0.25) is 0 Å². The minimum Gasteiger partial charge on any atom is -0.487 e. The first-order chi connectivity index (χ1) is 10.8. The van der Waals surface area contributed by atoms with Crippen molar-refractivity contribution in [2.45, 2.75) is 47.0 Å². The molecule has 0 rings (SSSR count). The van der Waals surface area contributed by atoms with Crippen LogP contribution in [-0.2, 0) is 18.0 Å². The maximum absolute atomic E-state index is 7.56. The van der Waals surface area contributed by atoms with Gasteiger partial charge in [-0.2, -0.15) is 0 Å². The Bertz CT molecular complexity index is 258. The molecule has 0 bridgehead atoms. The van der Waals surface area contributed by atoms with Gasteiger partial charge < -0.3 is 34.6 Å². The van der Waals surface area contributed by atoms with Crippen LogP contribution >= 0.6 is 24.4 Å². The third-order valence-corrected chi connectivity index (χ3v) is 3.83. The van der Waals surface area contributed by atoms with E-state index in [9.17, 15) is 0 Å². The van der Waals surface area contributed by atoms with Crippen LogP contribution in [0.4, 0.5) is 0 Å². The van der Waals surface area contributed by atoms with Crippen molar-refractivity contribution in [3.8, 4) is 0 Å². The number of aliphatic hydroxyl groups is 1. The molecule has 0 spiro atoms. The number of rotatable bonds is 10. The minimum absolute atomic E-state index is 0.158. The molecule has 0 aliphatic carbocycles. The van der Waals surface area contributed by atoms with Crippen LogP contribution in [0.1, 0.15) is 47.0 Å². The average Bonchev–Trinajstić information content (AvgIpc) is 2.44. The lowest BCUT2D eigenvalue weighted by Gasteiger charge is -2.12. The molecule has 0 aromatic rings. The zero-order valence-electron chi connectivity index (χ0n) is 14.6. The molecule has 0 unspecified atom stereocenters. The summed E-state index contributed by atoms with van der Waals surface area (Å²) in [4.78, 5) is 0. The van der Waals surface area contributed by atoms with E-state index in [1.165, 1.54) is 12.8 Å². The van der Waals surface area contributed by atoms with E-state index in [0.717, 1.165) is 6.42 Å². The largest absolute Gasteiger partial charge is 0.487 e. The number of hydrogen-bond acceptors (Lipinski definition) is 6. The molecule has 0 aliphatic heterocycles. The smallest absolute Gasteiger partial charge is 0.484 e. The van der Waals surface area contributed by atoms with E-state index in [4.69, 9.17) is 28.9 Å². The van der Waals surface area contributed by atoms with Crippen molar-refractivity contribution >= 4 is 44.3 Å². The molecule has 0 heterocycles. The summed E-state index contributed by atoms with van der Waals surface area (Å²) in [6.07, 6.45) is 3.43. The Kier molecular flexibility index (Phi) is 28.2. The van der Waals surface area contributed by atoms with Crippen LogP contribution < -0.4 is 11.5 Å². The van der Waals surface area contributed by atoms with Crippen molar-refractivity contribution < 1.29 is 23.1 Å². The van der Waals surface area contributed by atoms with Gasteiger partial charge in [0, 0.05) is 19.8 Å². The van der Waals surface area contributed by atoms with Crippen LogP contribution in [0, 0.1) is 0 Å². The quantitative estimate of drug-likeness (QED) is 0.294. The van der Waals surface area contributed by atoms with E-state index in [1.54, 1.807) is 0 Å². The van der Waals surface area contributed by atoms with E-state index in [2.05, 4.69) is 37.1 Å². The molecule has 7 nitrogen and oxygen atoms in total. The standard InChI is InChI=1S/C6H13NOS.C6H16O3Si.CH3NOS/c1-2-3-4-5-8-6(7)9;1-4-7-10(8-5-2)9-6-3;2-1(3)4/h2-5H2,1H3,(H2,7,9);10H,4-6H2,1-3H3;(H3,2,3,4). The maximum atomic E-state index is 7.56. The fourth-order valence-electron chi connectivity index (χ4n) is 1.08. The molecular weight excluding hydrogens is 356 g/mol. The number of thiocarbonyl (C=S) groups is 2. The summed E-state index contributed by atoms with van der Waals surface area (Å²) in [5.74, 6) is 0. The highest BCUT2D eigenvalue weighted by Crippen LogP contribution is 1.93. The van der Waals surface area contributed by atoms with Gasteiger partial charge in [-0.05, 0) is 51.6 Å². The fourth-order valence-corrected chi connectivity index (χ4v) is 2.27. The van der Waals surface area contributed by atoms with Crippen LogP contribution in [0.25, 0.3) is 0 Å². The molecule has 23 heavy (non-hydrogen) atoms. The molecule has 0 fully saturated rings. The lowest BCUT2D eigenvalue weighted by atomic mass is 10.3. The van der Waals surface area contributed by atoms with Gasteiger partial charge in [0.1, 0.15) is 0 Å². The van der Waals surface area contributed by atoms with Crippen molar-refractivity contribution in [2.24, 2.45) is 11.5 Å². The van der Waals surface area contributed by atoms with E-state index in [-0.39, 0.29) is 5.17 Å². The Hall–Kier alpha value is -0.523. The van der Waals surface area contributed by atoms with Crippen LogP contribution in [0.15, 0.2) is 0 Å². The molecule has 0 radical (unpaired) electrons. The Balaban J connectivity index is -0.000000284. The molecule has 140 valence electrons. The topological polar surface area (TPSA) is 109 Å². The lowest BCUT2D eigenvalue weighted by molar-refractivity contribution is 0.107. The highest BCUT2D eigenvalue weighted by atomic mass is 32.1. The highest BCUT2D eigenvalue weighted by molar-refractivity contribution is 7.80. The summed E-state index contributed by atoms with van der Waals surface area (Å²) in [5, 5.41) is 7.22. The maximum Gasteiger partial charge on any atom is 0.484 e. The van der Waals surface area contributed by atoms with Gasteiger partial charge in [0.15, 0.2) is 0 Å². The zero-order chi connectivity index (χ0) is 18.5. The monoisotopic (exact) mass is 388 g/mol. The van der Waals surface area contributed by atoms with Crippen LogP contribution in [-0.4, -0.2) is 51.4 Å². The van der Waals surface area contributed by atoms with E-state index < -0.39 is 14.7 Å². The summed E-state index contributed by atoms with van der Waals surface area (Å²) < 4.78 is 20.5. The summed E-state index contributed by atoms with van der Waals surface area (Å²) in [5.41, 5.74) is 9.48. The second-order valence-electron chi connectivity index (χ2n) is 3.87. The van der Waals surface area contributed by atoms with E-state index in [0.29, 0.717) is 26.4 Å². The highest BCUT2D eigenvalue weighted by Gasteiger charge is 2.11.